The van der Waals surface area contributed by atoms with Gasteiger partial charge in [0, 0.05) is 13.0 Å². The minimum Gasteiger partial charge on any atom is -0.480 e. The third-order valence-electron chi connectivity index (χ3n) is 1.41. The molecule has 0 unspecified atom stereocenters. The van der Waals surface area contributed by atoms with Crippen molar-refractivity contribution in [3.8, 4) is 0 Å². The molecule has 0 saturated carbocycles. The zero-order valence-electron chi connectivity index (χ0n) is 5.17. The van der Waals surface area contributed by atoms with Crippen LogP contribution in [0.2, 0.25) is 0 Å². The maximum absolute atomic E-state index is 10.2. The maximum Gasteiger partial charge on any atom is 2.00 e. The van der Waals surface area contributed by atoms with Crippen LogP contribution in [0.5, 0.6) is 0 Å². The Hall–Kier alpha value is -0.0905. The normalized spacial score (nSPS) is 31.3. The molecular weight excluding hydrogens is 186 g/mol. The molecule has 1 radical (unpaired) electrons. The molecule has 1 aliphatic heterocycles. The quantitative estimate of drug-likeness (QED) is 0.459. The Labute approximate surface area is 69.1 Å². The number of nitrogens with one attached hydrogen (secondary N) is 1. The summed E-state index contributed by atoms with van der Waals surface area (Å²) >= 11 is 0. The number of aliphatic hydroxyl groups excluding tert-OH is 1. The molecule has 0 amide bonds. The second-order valence-electron chi connectivity index (χ2n) is 2.19. The first-order chi connectivity index (χ1) is 4.20. The standard InChI is InChI=1S/C5H9NO3.Cu/c7-3-1-4(5(8)9)6-2-3;/h3-4,6-7H,1-2H2,(H,8,9);/q;+2/t3-,4+;/m1./s1. The SMILES string of the molecule is O=C(O)[C@@H]1C[C@@H](O)CN1.[Cu+2]. The summed E-state index contributed by atoms with van der Waals surface area (Å²) in [5.41, 5.74) is 0. The van der Waals surface area contributed by atoms with E-state index in [-0.39, 0.29) is 17.1 Å². The van der Waals surface area contributed by atoms with Crippen molar-refractivity contribution < 1.29 is 32.1 Å². The van der Waals surface area contributed by atoms with Gasteiger partial charge in [0.05, 0.1) is 6.10 Å². The Morgan fingerprint density at radius 2 is 2.20 bits per heavy atom. The number of aliphatic carboxylic acids is 1. The largest absolute Gasteiger partial charge is 2.00 e. The van der Waals surface area contributed by atoms with Crippen LogP contribution in [0.4, 0.5) is 0 Å². The van der Waals surface area contributed by atoms with Gasteiger partial charge in [0.25, 0.3) is 0 Å². The Balaban J connectivity index is 0.000000810. The summed E-state index contributed by atoms with van der Waals surface area (Å²) in [5, 5.41) is 19.8. The van der Waals surface area contributed by atoms with Crippen molar-refractivity contribution >= 4 is 5.97 Å². The number of rotatable bonds is 1. The molecule has 1 saturated heterocycles. The van der Waals surface area contributed by atoms with Crippen molar-refractivity contribution in [1.29, 1.82) is 0 Å². The number of hydrogen-bond donors (Lipinski definition) is 3. The molecule has 10 heavy (non-hydrogen) atoms. The van der Waals surface area contributed by atoms with E-state index in [1.165, 1.54) is 0 Å². The molecular formula is C5H9CuNO3+2. The summed E-state index contributed by atoms with van der Waals surface area (Å²) in [7, 11) is 0. The van der Waals surface area contributed by atoms with E-state index < -0.39 is 18.1 Å². The van der Waals surface area contributed by atoms with Gasteiger partial charge in [0.2, 0.25) is 0 Å². The molecule has 3 N–H and O–H groups in total. The Morgan fingerprint density at radius 1 is 1.60 bits per heavy atom. The Morgan fingerprint density at radius 3 is 2.40 bits per heavy atom. The van der Waals surface area contributed by atoms with E-state index in [1.54, 1.807) is 0 Å². The fraction of sp³-hybridized carbons (Fsp3) is 0.800. The number of carbonyl (C=O) groups is 1. The van der Waals surface area contributed by atoms with E-state index in [9.17, 15) is 4.79 Å². The number of hydrogen-bond acceptors (Lipinski definition) is 3. The fourth-order valence-electron chi connectivity index (χ4n) is 0.905. The van der Waals surface area contributed by atoms with Gasteiger partial charge in [0.1, 0.15) is 6.04 Å². The van der Waals surface area contributed by atoms with Crippen LogP contribution in [0.1, 0.15) is 6.42 Å². The van der Waals surface area contributed by atoms with Crippen molar-refractivity contribution in [3.05, 3.63) is 0 Å². The molecule has 0 aliphatic carbocycles. The smallest absolute Gasteiger partial charge is 0.480 e. The predicted molar refractivity (Wildman–Crippen MR) is 30.1 cm³/mol. The zero-order chi connectivity index (χ0) is 6.85. The van der Waals surface area contributed by atoms with Crippen LogP contribution >= 0.6 is 0 Å². The summed E-state index contributed by atoms with van der Waals surface area (Å²) in [6.07, 6.45) is -0.152. The van der Waals surface area contributed by atoms with E-state index >= 15 is 0 Å². The minimum absolute atomic E-state index is 0. The van der Waals surface area contributed by atoms with Gasteiger partial charge in [-0.2, -0.15) is 0 Å². The van der Waals surface area contributed by atoms with Crippen molar-refractivity contribution in [2.45, 2.75) is 18.6 Å². The molecule has 5 heteroatoms. The van der Waals surface area contributed by atoms with E-state index in [0.29, 0.717) is 13.0 Å². The van der Waals surface area contributed by atoms with Crippen LogP contribution < -0.4 is 5.32 Å². The third-order valence-corrected chi connectivity index (χ3v) is 1.41. The average molecular weight is 195 g/mol. The van der Waals surface area contributed by atoms with E-state index in [1.807, 2.05) is 0 Å². The van der Waals surface area contributed by atoms with Gasteiger partial charge in [-0.05, 0) is 0 Å². The van der Waals surface area contributed by atoms with E-state index in [4.69, 9.17) is 10.2 Å². The molecule has 1 rings (SSSR count). The first kappa shape index (κ1) is 9.91. The van der Waals surface area contributed by atoms with Crippen LogP contribution in [0, 0.1) is 0 Å². The predicted octanol–water partition coefficient (Wildman–Crippen LogP) is -1.21. The second-order valence-corrected chi connectivity index (χ2v) is 2.19. The third kappa shape index (κ3) is 2.27. The molecule has 2 atom stereocenters. The van der Waals surface area contributed by atoms with E-state index in [2.05, 4.69) is 5.32 Å². The van der Waals surface area contributed by atoms with Gasteiger partial charge in [-0.3, -0.25) is 4.79 Å². The summed E-state index contributed by atoms with van der Waals surface area (Å²) in [4.78, 5) is 10.2. The van der Waals surface area contributed by atoms with Gasteiger partial charge >= 0.3 is 23.0 Å². The summed E-state index contributed by atoms with van der Waals surface area (Å²) in [5.74, 6) is -0.883. The van der Waals surface area contributed by atoms with Crippen molar-refractivity contribution in [1.82, 2.24) is 5.32 Å². The molecule has 0 aromatic carbocycles. The van der Waals surface area contributed by atoms with Crippen LogP contribution in [0.15, 0.2) is 0 Å². The first-order valence-electron chi connectivity index (χ1n) is 2.84. The molecule has 1 fully saturated rings. The molecule has 0 aromatic rings. The number of aliphatic hydroxyl groups is 1. The molecule has 1 heterocycles. The van der Waals surface area contributed by atoms with Crippen molar-refractivity contribution in [3.63, 3.8) is 0 Å². The first-order valence-corrected chi connectivity index (χ1v) is 2.84. The van der Waals surface area contributed by atoms with Crippen LogP contribution in [0.3, 0.4) is 0 Å². The van der Waals surface area contributed by atoms with Crippen LogP contribution in [-0.2, 0) is 21.9 Å². The average Bonchev–Trinajstić information content (AvgIpc) is 2.14. The molecule has 0 bridgehead atoms. The molecule has 4 nitrogen and oxygen atoms in total. The van der Waals surface area contributed by atoms with Gasteiger partial charge in [0.15, 0.2) is 0 Å². The van der Waals surface area contributed by atoms with Crippen LogP contribution in [0.25, 0.3) is 0 Å². The Bertz CT molecular complexity index is 130. The zero-order valence-corrected chi connectivity index (χ0v) is 6.11. The van der Waals surface area contributed by atoms with Crippen molar-refractivity contribution in [2.24, 2.45) is 0 Å². The molecule has 0 aromatic heterocycles. The topological polar surface area (TPSA) is 69.6 Å². The van der Waals surface area contributed by atoms with Gasteiger partial charge in [-0.15, -0.1) is 0 Å². The maximum atomic E-state index is 10.2. The number of carboxylic acids is 1. The molecule has 61 valence electrons. The van der Waals surface area contributed by atoms with E-state index in [0.717, 1.165) is 0 Å². The summed E-state index contributed by atoms with van der Waals surface area (Å²) < 4.78 is 0. The second kappa shape index (κ2) is 3.93. The summed E-state index contributed by atoms with van der Waals surface area (Å²) in [6, 6.07) is -0.542. The van der Waals surface area contributed by atoms with Gasteiger partial charge in [-0.25, -0.2) is 0 Å². The monoisotopic (exact) mass is 194 g/mol. The summed E-state index contributed by atoms with van der Waals surface area (Å²) in [6.45, 7) is 0.400. The van der Waals surface area contributed by atoms with Crippen molar-refractivity contribution in [2.75, 3.05) is 6.54 Å². The number of carboxylic acid groups (broad SMARTS) is 1. The van der Waals surface area contributed by atoms with Gasteiger partial charge < -0.3 is 15.5 Å². The fourth-order valence-corrected chi connectivity index (χ4v) is 0.905. The van der Waals surface area contributed by atoms with Gasteiger partial charge in [-0.1, -0.05) is 0 Å². The number of β-amino-alcohol motifs (C(OH)–C–C–N with tert-alkyl or cyclic N) is 1. The minimum atomic E-state index is -0.883. The molecule has 1 aliphatic rings. The Kier molecular flexibility index (Phi) is 3.89. The van der Waals surface area contributed by atoms with Crippen LogP contribution in [-0.4, -0.2) is 34.9 Å². The molecule has 0 spiro atoms.